The second kappa shape index (κ2) is 12.7. The number of carbonyl (C=O) groups excluding carboxylic acids is 2. The molecule has 0 bridgehead atoms. The van der Waals surface area contributed by atoms with Gasteiger partial charge in [0.15, 0.2) is 0 Å². The minimum atomic E-state index is -3.73. The van der Waals surface area contributed by atoms with Gasteiger partial charge in [-0.1, -0.05) is 48.5 Å². The lowest BCUT2D eigenvalue weighted by Crippen LogP contribution is -2.41. The van der Waals surface area contributed by atoms with Crippen LogP contribution in [0.4, 0.5) is 4.39 Å². The van der Waals surface area contributed by atoms with Gasteiger partial charge in [-0.15, -0.1) is 0 Å². The largest absolute Gasteiger partial charge is 0.468 e. The van der Waals surface area contributed by atoms with Crippen LogP contribution in [0.2, 0.25) is 0 Å². The van der Waals surface area contributed by atoms with E-state index in [1.165, 1.54) is 19.2 Å². The molecule has 10 heteroatoms. The topological polar surface area (TPSA) is 128 Å². The number of hydrogen-bond acceptors (Lipinski definition) is 6. The summed E-state index contributed by atoms with van der Waals surface area (Å²) in [6, 6.07) is 18.3. The minimum Gasteiger partial charge on any atom is -0.468 e. The highest BCUT2D eigenvalue weighted by Crippen LogP contribution is 2.28. The number of nitrogens with one attached hydrogen (secondary N) is 2. The molecule has 1 aliphatic carbocycles. The Kier molecular flexibility index (Phi) is 9.34. The Labute approximate surface area is 234 Å². The van der Waals surface area contributed by atoms with E-state index < -0.39 is 22.0 Å². The Morgan fingerprint density at radius 2 is 1.40 bits per heavy atom. The number of esters is 1. The Hall–Kier alpha value is -3.60. The first-order valence-corrected chi connectivity index (χ1v) is 14.7. The van der Waals surface area contributed by atoms with Crippen LogP contribution in [0, 0.1) is 11.7 Å². The maximum atomic E-state index is 13.2. The Morgan fingerprint density at radius 3 is 1.95 bits per heavy atom. The van der Waals surface area contributed by atoms with Crippen LogP contribution in [0.25, 0.3) is 11.1 Å². The molecule has 2 atom stereocenters. The summed E-state index contributed by atoms with van der Waals surface area (Å²) in [5.74, 6) is -1.12. The summed E-state index contributed by atoms with van der Waals surface area (Å²) in [7, 11) is -2.45. The van der Waals surface area contributed by atoms with E-state index in [2.05, 4.69) is 14.8 Å². The smallest absolute Gasteiger partial charge is 0.327 e. The molecule has 0 heterocycles. The quantitative estimate of drug-likeness (QED) is 0.329. The maximum Gasteiger partial charge on any atom is 0.327 e. The maximum absolute atomic E-state index is 13.2. The molecule has 3 aromatic carbocycles. The van der Waals surface area contributed by atoms with Crippen LogP contribution in [0.5, 0.6) is 0 Å². The number of benzene rings is 3. The Morgan fingerprint density at radius 1 is 0.875 bits per heavy atom. The van der Waals surface area contributed by atoms with Crippen molar-refractivity contribution >= 4 is 21.9 Å². The van der Waals surface area contributed by atoms with Gasteiger partial charge in [0.05, 0.1) is 18.0 Å². The second-order valence-electron chi connectivity index (χ2n) is 10.1. The van der Waals surface area contributed by atoms with E-state index in [9.17, 15) is 22.4 Å². The van der Waals surface area contributed by atoms with Crippen molar-refractivity contribution in [3.05, 3.63) is 89.7 Å². The monoisotopic (exact) mass is 567 g/mol. The van der Waals surface area contributed by atoms with Crippen LogP contribution in [-0.2, 0) is 24.3 Å². The van der Waals surface area contributed by atoms with E-state index in [1.54, 1.807) is 48.5 Å². The summed E-state index contributed by atoms with van der Waals surface area (Å²) in [4.78, 5) is 24.6. The van der Waals surface area contributed by atoms with Crippen LogP contribution >= 0.6 is 0 Å². The average Bonchev–Trinajstić information content (AvgIpc) is 2.97. The molecule has 8 nitrogen and oxygen atoms in total. The number of amides is 1. The van der Waals surface area contributed by atoms with Crippen molar-refractivity contribution < 1.29 is 27.1 Å². The zero-order chi connectivity index (χ0) is 28.9. The van der Waals surface area contributed by atoms with E-state index >= 15 is 0 Å². The third-order valence-corrected chi connectivity index (χ3v) is 8.91. The fraction of sp³-hybridized carbons (Fsp3) is 0.333. The van der Waals surface area contributed by atoms with Gasteiger partial charge in [0.2, 0.25) is 15.9 Å². The molecule has 0 radical (unpaired) electrons. The van der Waals surface area contributed by atoms with Crippen molar-refractivity contribution in [2.45, 2.75) is 55.6 Å². The number of ether oxygens (including phenoxy) is 1. The predicted molar refractivity (Wildman–Crippen MR) is 150 cm³/mol. The highest BCUT2D eigenvalue weighted by molar-refractivity contribution is 7.89. The molecule has 1 aliphatic rings. The van der Waals surface area contributed by atoms with Gasteiger partial charge in [-0.05, 0) is 79.1 Å². The molecule has 212 valence electrons. The Balaban J connectivity index is 1.30. The van der Waals surface area contributed by atoms with Crippen molar-refractivity contribution in [3.8, 4) is 11.1 Å². The molecule has 1 fully saturated rings. The van der Waals surface area contributed by atoms with Crippen LogP contribution in [-0.4, -0.2) is 33.4 Å². The van der Waals surface area contributed by atoms with E-state index in [4.69, 9.17) is 5.73 Å². The summed E-state index contributed by atoms with van der Waals surface area (Å²) in [6.45, 7) is 1.85. The van der Waals surface area contributed by atoms with Gasteiger partial charge in [-0.3, -0.25) is 9.59 Å². The molecule has 3 aromatic rings. The number of sulfonamides is 1. The van der Waals surface area contributed by atoms with E-state index in [0.717, 1.165) is 16.7 Å². The molecule has 0 aliphatic heterocycles. The van der Waals surface area contributed by atoms with Gasteiger partial charge in [-0.2, -0.15) is 0 Å². The second-order valence-corrected chi connectivity index (χ2v) is 11.8. The van der Waals surface area contributed by atoms with Crippen molar-refractivity contribution in [1.82, 2.24) is 10.0 Å². The number of nitrogens with two attached hydrogens (primary N) is 1. The number of hydrogen-bond donors (Lipinski definition) is 3. The van der Waals surface area contributed by atoms with Crippen LogP contribution in [0.3, 0.4) is 0 Å². The standard InChI is InChI=1S/C30H34FN3O5S/c1-19(20-7-13-25(31)14-8-20)33-29(35)24-9-15-26(16-10-24)34-40(37,38)27-17-11-22(12-18-27)21-3-5-23(6-4-21)28(32)30(36)39-2/h3-8,11-14,17-19,24,26,28,34H,9-10,15-16,32H2,1-2H3,(H,33,35)/t19-,24-,26-,28?/m1/s1. The SMILES string of the molecule is COC(=O)C(N)c1ccc(-c2ccc(S(=O)(=O)N[C@H]3CC[C@H](C(=O)N[C@H](C)c4ccc(F)cc4)CC3)cc2)cc1. The van der Waals surface area contributed by atoms with Gasteiger partial charge in [0.25, 0.3) is 0 Å². The Bertz CT molecular complexity index is 1420. The van der Waals surface area contributed by atoms with Crippen LogP contribution in [0.15, 0.2) is 77.7 Å². The van der Waals surface area contributed by atoms with E-state index in [0.29, 0.717) is 31.2 Å². The van der Waals surface area contributed by atoms with Crippen molar-refractivity contribution in [2.75, 3.05) is 7.11 Å². The predicted octanol–water partition coefficient (Wildman–Crippen LogP) is 4.38. The first kappa shape index (κ1) is 29.4. The number of methoxy groups -OCH3 is 1. The summed E-state index contributed by atoms with van der Waals surface area (Å²) in [5, 5.41) is 2.98. The zero-order valence-corrected chi connectivity index (χ0v) is 23.3. The minimum absolute atomic E-state index is 0.0750. The molecule has 1 unspecified atom stereocenters. The molecule has 4 rings (SSSR count). The third-order valence-electron chi connectivity index (χ3n) is 7.37. The van der Waals surface area contributed by atoms with E-state index in [1.807, 2.05) is 19.1 Å². The van der Waals surface area contributed by atoms with Gasteiger partial charge in [0, 0.05) is 12.0 Å². The summed E-state index contributed by atoms with van der Waals surface area (Å²) in [6.07, 6.45) is 2.26. The molecule has 1 amide bonds. The summed E-state index contributed by atoms with van der Waals surface area (Å²) < 4.78 is 46.7. The molecular weight excluding hydrogens is 533 g/mol. The van der Waals surface area contributed by atoms with Crippen molar-refractivity contribution in [2.24, 2.45) is 11.7 Å². The van der Waals surface area contributed by atoms with Crippen LogP contribution in [0.1, 0.15) is 55.8 Å². The lowest BCUT2D eigenvalue weighted by molar-refractivity contribution is -0.142. The fourth-order valence-corrected chi connectivity index (χ4v) is 6.20. The third kappa shape index (κ3) is 7.12. The van der Waals surface area contributed by atoms with Crippen LogP contribution < -0.4 is 15.8 Å². The molecule has 0 saturated heterocycles. The first-order valence-electron chi connectivity index (χ1n) is 13.2. The molecule has 0 spiro atoms. The highest BCUT2D eigenvalue weighted by atomic mass is 32.2. The van der Waals surface area contributed by atoms with E-state index in [-0.39, 0.29) is 34.6 Å². The summed E-state index contributed by atoms with van der Waals surface area (Å²) >= 11 is 0. The van der Waals surface area contributed by atoms with Crippen molar-refractivity contribution in [1.29, 1.82) is 0 Å². The molecule has 0 aromatic heterocycles. The number of halogens is 1. The highest BCUT2D eigenvalue weighted by Gasteiger charge is 2.30. The van der Waals surface area contributed by atoms with Gasteiger partial charge in [-0.25, -0.2) is 17.5 Å². The van der Waals surface area contributed by atoms with Crippen molar-refractivity contribution in [3.63, 3.8) is 0 Å². The molecular formula is C30H34FN3O5S. The number of rotatable bonds is 9. The molecule has 1 saturated carbocycles. The lowest BCUT2D eigenvalue weighted by atomic mass is 9.85. The lowest BCUT2D eigenvalue weighted by Gasteiger charge is -2.29. The molecule has 40 heavy (non-hydrogen) atoms. The fourth-order valence-electron chi connectivity index (χ4n) is 4.90. The zero-order valence-electron chi connectivity index (χ0n) is 22.5. The first-order chi connectivity index (χ1) is 19.1. The average molecular weight is 568 g/mol. The van der Waals surface area contributed by atoms with Gasteiger partial charge < -0.3 is 15.8 Å². The van der Waals surface area contributed by atoms with Gasteiger partial charge in [0.1, 0.15) is 11.9 Å². The summed E-state index contributed by atoms with van der Waals surface area (Å²) in [5.41, 5.74) is 8.98. The molecule has 4 N–H and O–H groups in total. The van der Waals surface area contributed by atoms with Gasteiger partial charge >= 0.3 is 5.97 Å². The number of carbonyl (C=O) groups is 2. The normalized spacial score (nSPS) is 18.9.